The van der Waals surface area contributed by atoms with Gasteiger partial charge in [0.15, 0.2) is 0 Å². The van der Waals surface area contributed by atoms with E-state index in [0.717, 1.165) is 4.47 Å². The molecule has 0 radical (unpaired) electrons. The maximum absolute atomic E-state index is 12.4. The molecule has 1 unspecified atom stereocenters. The van der Waals surface area contributed by atoms with Gasteiger partial charge in [0.05, 0.1) is 17.6 Å². The second kappa shape index (κ2) is 7.01. The predicted molar refractivity (Wildman–Crippen MR) is 78.9 cm³/mol. The van der Waals surface area contributed by atoms with E-state index in [4.69, 9.17) is 10.5 Å². The molecule has 19 heavy (non-hydrogen) atoms. The molecule has 1 atom stereocenters. The van der Waals surface area contributed by atoms with Gasteiger partial charge in [0.1, 0.15) is 0 Å². The fourth-order valence-electron chi connectivity index (χ4n) is 1.81. The van der Waals surface area contributed by atoms with Crippen LogP contribution in [0.5, 0.6) is 0 Å². The Morgan fingerprint density at radius 3 is 2.58 bits per heavy atom. The van der Waals surface area contributed by atoms with Gasteiger partial charge in [-0.1, -0.05) is 15.9 Å². The molecule has 1 aliphatic heterocycles. The number of rotatable bonds is 3. The summed E-state index contributed by atoms with van der Waals surface area (Å²) in [6, 6.07) is 6.61. The van der Waals surface area contributed by atoms with Crippen molar-refractivity contribution in [3.8, 4) is 0 Å². The van der Waals surface area contributed by atoms with Crippen LogP contribution in [0.25, 0.3) is 0 Å². The normalized spacial score (nSPS) is 20.8. The van der Waals surface area contributed by atoms with Crippen molar-refractivity contribution < 1.29 is 13.2 Å². The second-order valence-corrected chi connectivity index (χ2v) is 6.90. The Morgan fingerprint density at radius 1 is 1.37 bits per heavy atom. The lowest BCUT2D eigenvalue weighted by atomic mass is 10.3. The first kappa shape index (κ1) is 16.9. The highest BCUT2D eigenvalue weighted by molar-refractivity contribution is 9.10. The van der Waals surface area contributed by atoms with Gasteiger partial charge in [0.25, 0.3) is 0 Å². The Bertz CT molecular complexity index is 509. The third-order valence-corrected chi connectivity index (χ3v) is 5.22. The van der Waals surface area contributed by atoms with Crippen LogP contribution in [-0.2, 0) is 14.8 Å². The topological polar surface area (TPSA) is 72.6 Å². The minimum atomic E-state index is -3.44. The molecule has 1 saturated heterocycles. The number of morpholine rings is 1. The first-order valence-corrected chi connectivity index (χ1v) is 7.85. The second-order valence-electron chi connectivity index (χ2n) is 4.05. The lowest BCUT2D eigenvalue weighted by molar-refractivity contribution is 0.00450. The molecule has 5 nitrogen and oxygen atoms in total. The van der Waals surface area contributed by atoms with Gasteiger partial charge >= 0.3 is 0 Å². The van der Waals surface area contributed by atoms with Crippen molar-refractivity contribution in [1.29, 1.82) is 0 Å². The van der Waals surface area contributed by atoms with Gasteiger partial charge in [0.2, 0.25) is 10.0 Å². The summed E-state index contributed by atoms with van der Waals surface area (Å²) < 4.78 is 32.4. The van der Waals surface area contributed by atoms with Gasteiger partial charge < -0.3 is 10.5 Å². The molecule has 0 bridgehead atoms. The minimum Gasteiger partial charge on any atom is -0.374 e. The quantitative estimate of drug-likeness (QED) is 0.867. The van der Waals surface area contributed by atoms with E-state index in [1.165, 1.54) is 4.31 Å². The Hall–Kier alpha value is -0.180. The Kier molecular flexibility index (Phi) is 6.22. The van der Waals surface area contributed by atoms with Crippen LogP contribution in [-0.4, -0.2) is 45.1 Å². The molecule has 1 aliphatic rings. The van der Waals surface area contributed by atoms with Crippen molar-refractivity contribution >= 4 is 38.4 Å². The van der Waals surface area contributed by atoms with E-state index < -0.39 is 10.0 Å². The average molecular weight is 372 g/mol. The molecule has 1 aromatic rings. The number of benzene rings is 1. The third kappa shape index (κ3) is 3.90. The summed E-state index contributed by atoms with van der Waals surface area (Å²) >= 11 is 3.28. The van der Waals surface area contributed by atoms with Crippen molar-refractivity contribution in [2.24, 2.45) is 5.73 Å². The maximum Gasteiger partial charge on any atom is 0.243 e. The van der Waals surface area contributed by atoms with Gasteiger partial charge in [0, 0.05) is 24.1 Å². The van der Waals surface area contributed by atoms with E-state index in [9.17, 15) is 8.42 Å². The number of sulfonamides is 1. The van der Waals surface area contributed by atoms with Crippen molar-refractivity contribution in [2.45, 2.75) is 11.0 Å². The summed E-state index contributed by atoms with van der Waals surface area (Å²) in [6.07, 6.45) is -0.219. The summed E-state index contributed by atoms with van der Waals surface area (Å²) in [5.74, 6) is 0. The number of hydrogen-bond acceptors (Lipinski definition) is 4. The van der Waals surface area contributed by atoms with Crippen molar-refractivity contribution in [2.75, 3.05) is 26.2 Å². The van der Waals surface area contributed by atoms with Crippen molar-refractivity contribution in [3.05, 3.63) is 28.7 Å². The van der Waals surface area contributed by atoms with Crippen LogP contribution in [0.1, 0.15) is 0 Å². The van der Waals surface area contributed by atoms with Crippen molar-refractivity contribution in [3.63, 3.8) is 0 Å². The summed E-state index contributed by atoms with van der Waals surface area (Å²) in [7, 11) is -3.44. The van der Waals surface area contributed by atoms with Crippen LogP contribution in [0.3, 0.4) is 0 Å². The van der Waals surface area contributed by atoms with Crippen LogP contribution < -0.4 is 5.73 Å². The first-order chi connectivity index (χ1) is 8.54. The maximum atomic E-state index is 12.4. The first-order valence-electron chi connectivity index (χ1n) is 5.61. The molecule has 0 amide bonds. The Morgan fingerprint density at radius 2 is 2.00 bits per heavy atom. The molecule has 108 valence electrons. The number of ether oxygens (including phenoxy) is 1. The Balaban J connectivity index is 0.00000180. The smallest absolute Gasteiger partial charge is 0.243 e. The molecule has 8 heteroatoms. The van der Waals surface area contributed by atoms with Crippen LogP contribution in [0, 0.1) is 0 Å². The molecule has 0 aromatic heterocycles. The lowest BCUT2D eigenvalue weighted by Crippen LogP contribution is -2.48. The zero-order chi connectivity index (χ0) is 13.2. The summed E-state index contributed by atoms with van der Waals surface area (Å²) in [5, 5.41) is 0. The highest BCUT2D eigenvalue weighted by Crippen LogP contribution is 2.20. The summed E-state index contributed by atoms with van der Waals surface area (Å²) in [5.41, 5.74) is 5.51. The monoisotopic (exact) mass is 370 g/mol. The minimum absolute atomic E-state index is 0. The molecule has 1 aromatic carbocycles. The van der Waals surface area contributed by atoms with Gasteiger partial charge in [-0.15, -0.1) is 12.4 Å². The molecule has 0 spiro atoms. The van der Waals surface area contributed by atoms with E-state index in [1.54, 1.807) is 24.3 Å². The van der Waals surface area contributed by atoms with Crippen LogP contribution in [0.2, 0.25) is 0 Å². The zero-order valence-electron chi connectivity index (χ0n) is 10.2. The number of hydrogen-bond donors (Lipinski definition) is 1. The van der Waals surface area contributed by atoms with E-state index in [2.05, 4.69) is 15.9 Å². The van der Waals surface area contributed by atoms with Crippen LogP contribution in [0.4, 0.5) is 0 Å². The molecular weight excluding hydrogens is 356 g/mol. The molecule has 2 N–H and O–H groups in total. The molecule has 1 fully saturated rings. The fourth-order valence-corrected chi connectivity index (χ4v) is 3.53. The van der Waals surface area contributed by atoms with Crippen molar-refractivity contribution in [1.82, 2.24) is 4.31 Å². The van der Waals surface area contributed by atoms with E-state index in [1.807, 2.05) is 0 Å². The van der Waals surface area contributed by atoms with Crippen LogP contribution in [0.15, 0.2) is 33.6 Å². The third-order valence-electron chi connectivity index (χ3n) is 2.82. The predicted octanol–water partition coefficient (Wildman–Crippen LogP) is 1.22. The largest absolute Gasteiger partial charge is 0.374 e. The molecule has 0 aliphatic carbocycles. The standard InChI is InChI=1S/C11H15BrN2O3S.ClH/c12-9-1-3-11(4-2-9)18(15,16)14-5-6-17-10(7-13)8-14;/h1-4,10H,5-8,13H2;1H. The van der Waals surface area contributed by atoms with Gasteiger partial charge in [-0.2, -0.15) is 4.31 Å². The van der Waals surface area contributed by atoms with E-state index >= 15 is 0 Å². The summed E-state index contributed by atoms with van der Waals surface area (Å²) in [6.45, 7) is 1.40. The number of nitrogens with two attached hydrogens (primary N) is 1. The number of nitrogens with zero attached hydrogens (tertiary/aromatic N) is 1. The number of halogens is 2. The van der Waals surface area contributed by atoms with E-state index in [-0.39, 0.29) is 18.5 Å². The molecular formula is C11H16BrClN2O3S. The zero-order valence-corrected chi connectivity index (χ0v) is 13.4. The highest BCUT2D eigenvalue weighted by atomic mass is 79.9. The van der Waals surface area contributed by atoms with E-state index in [0.29, 0.717) is 31.1 Å². The SMILES string of the molecule is Cl.NCC1CN(S(=O)(=O)c2ccc(Br)cc2)CCO1. The molecule has 1 heterocycles. The van der Waals surface area contributed by atoms with Gasteiger partial charge in [-0.3, -0.25) is 0 Å². The fraction of sp³-hybridized carbons (Fsp3) is 0.455. The van der Waals surface area contributed by atoms with Gasteiger partial charge in [-0.25, -0.2) is 8.42 Å². The summed E-state index contributed by atoms with van der Waals surface area (Å²) in [4.78, 5) is 0.295. The average Bonchev–Trinajstić information content (AvgIpc) is 2.39. The highest BCUT2D eigenvalue weighted by Gasteiger charge is 2.30. The lowest BCUT2D eigenvalue weighted by Gasteiger charge is -2.31. The van der Waals surface area contributed by atoms with Crippen LogP contribution >= 0.6 is 28.3 Å². The molecule has 2 rings (SSSR count). The Labute approximate surface area is 127 Å². The molecule has 0 saturated carbocycles. The van der Waals surface area contributed by atoms with Gasteiger partial charge in [-0.05, 0) is 24.3 Å².